The Bertz CT molecular complexity index is 1380. The molecule has 4 rings (SSSR count). The van der Waals surface area contributed by atoms with Crippen LogP contribution in [0.4, 0.5) is 0 Å². The Kier molecular flexibility index (Phi) is 8.08. The fraction of sp³-hybridized carbons (Fsp3) is 0.241. The van der Waals surface area contributed by atoms with E-state index >= 15 is 0 Å². The third-order valence-electron chi connectivity index (χ3n) is 5.87. The zero-order valence-electron chi connectivity index (χ0n) is 21.4. The molecule has 0 aliphatic heterocycles. The second-order valence-electron chi connectivity index (χ2n) is 9.49. The van der Waals surface area contributed by atoms with Gasteiger partial charge in [0.2, 0.25) is 0 Å². The van der Waals surface area contributed by atoms with Gasteiger partial charge >= 0.3 is 0 Å². The molecule has 0 radical (unpaired) electrons. The summed E-state index contributed by atoms with van der Waals surface area (Å²) in [5.74, 6) is 1.14. The van der Waals surface area contributed by atoms with E-state index < -0.39 is 0 Å². The number of thioether (sulfide) groups is 1. The Morgan fingerprint density at radius 1 is 0.892 bits per heavy atom. The van der Waals surface area contributed by atoms with Crippen molar-refractivity contribution in [1.82, 2.24) is 20.1 Å². The molecule has 7 nitrogen and oxygen atoms in total. The summed E-state index contributed by atoms with van der Waals surface area (Å²) >= 11 is 1.29. The highest BCUT2D eigenvalue weighted by molar-refractivity contribution is 7.99. The summed E-state index contributed by atoms with van der Waals surface area (Å²) in [5.41, 5.74) is 3.11. The van der Waals surface area contributed by atoms with Crippen molar-refractivity contribution in [1.29, 1.82) is 0 Å². The zero-order chi connectivity index (χ0) is 26.4. The zero-order valence-corrected chi connectivity index (χ0v) is 22.2. The third-order valence-corrected chi connectivity index (χ3v) is 6.80. The number of amides is 1. The molecule has 1 aromatic heterocycles. The number of nitrogens with one attached hydrogen (secondary N) is 1. The van der Waals surface area contributed by atoms with Crippen LogP contribution in [0, 0.1) is 0 Å². The SMILES string of the molecule is COc1ccccc1-n1c(CNC(=O)c2ccc(C(C)(C)C)cc2)nnc1SCC(=O)c1ccccc1. The minimum Gasteiger partial charge on any atom is -0.495 e. The van der Waals surface area contributed by atoms with E-state index in [0.29, 0.717) is 27.9 Å². The Balaban J connectivity index is 1.56. The number of ether oxygens (including phenoxy) is 1. The molecule has 0 spiro atoms. The average molecular weight is 515 g/mol. The number of hydrogen-bond acceptors (Lipinski definition) is 6. The average Bonchev–Trinajstić information content (AvgIpc) is 3.32. The molecule has 1 amide bonds. The maximum Gasteiger partial charge on any atom is 0.251 e. The van der Waals surface area contributed by atoms with Crippen LogP contribution in [0.2, 0.25) is 0 Å². The summed E-state index contributed by atoms with van der Waals surface area (Å²) in [5, 5.41) is 12.2. The third kappa shape index (κ3) is 6.27. The number of rotatable bonds is 9. The van der Waals surface area contributed by atoms with Crippen LogP contribution in [0.3, 0.4) is 0 Å². The van der Waals surface area contributed by atoms with Crippen molar-refractivity contribution < 1.29 is 14.3 Å². The van der Waals surface area contributed by atoms with E-state index in [1.54, 1.807) is 19.2 Å². The first-order valence-electron chi connectivity index (χ1n) is 12.0. The van der Waals surface area contributed by atoms with Gasteiger partial charge in [0.05, 0.1) is 25.1 Å². The van der Waals surface area contributed by atoms with E-state index in [-0.39, 0.29) is 29.4 Å². The monoisotopic (exact) mass is 514 g/mol. The normalized spacial score (nSPS) is 11.2. The summed E-state index contributed by atoms with van der Waals surface area (Å²) in [4.78, 5) is 25.6. The molecule has 8 heteroatoms. The number of hydrogen-bond donors (Lipinski definition) is 1. The summed E-state index contributed by atoms with van der Waals surface area (Å²) in [7, 11) is 1.59. The molecule has 0 saturated carbocycles. The minimum atomic E-state index is -0.205. The Hall–Kier alpha value is -3.91. The predicted molar refractivity (Wildman–Crippen MR) is 146 cm³/mol. The fourth-order valence-electron chi connectivity index (χ4n) is 3.79. The quantitative estimate of drug-likeness (QED) is 0.235. The smallest absolute Gasteiger partial charge is 0.251 e. The molecule has 1 heterocycles. The van der Waals surface area contributed by atoms with E-state index in [9.17, 15) is 9.59 Å². The van der Waals surface area contributed by atoms with Gasteiger partial charge in [-0.2, -0.15) is 0 Å². The molecular weight excluding hydrogens is 484 g/mol. The molecule has 0 fully saturated rings. The van der Waals surface area contributed by atoms with Crippen LogP contribution in [-0.4, -0.2) is 39.3 Å². The Labute approximate surface area is 221 Å². The first kappa shape index (κ1) is 26.2. The van der Waals surface area contributed by atoms with Gasteiger partial charge < -0.3 is 10.1 Å². The summed E-state index contributed by atoms with van der Waals surface area (Å²) in [6, 6.07) is 24.3. The molecule has 0 bridgehead atoms. The van der Waals surface area contributed by atoms with Crippen molar-refractivity contribution in [3.63, 3.8) is 0 Å². The van der Waals surface area contributed by atoms with Crippen LogP contribution in [-0.2, 0) is 12.0 Å². The molecule has 37 heavy (non-hydrogen) atoms. The number of carbonyl (C=O) groups is 2. The summed E-state index contributed by atoms with van der Waals surface area (Å²) < 4.78 is 7.39. The van der Waals surface area contributed by atoms with Gasteiger partial charge in [0.25, 0.3) is 5.91 Å². The van der Waals surface area contributed by atoms with E-state index in [4.69, 9.17) is 4.74 Å². The number of carbonyl (C=O) groups excluding carboxylic acids is 2. The van der Waals surface area contributed by atoms with E-state index in [1.807, 2.05) is 71.3 Å². The number of para-hydroxylation sites is 2. The number of ketones is 1. The fourth-order valence-corrected chi connectivity index (χ4v) is 4.64. The number of benzene rings is 3. The van der Waals surface area contributed by atoms with E-state index in [0.717, 1.165) is 11.3 Å². The van der Waals surface area contributed by atoms with Crippen molar-refractivity contribution in [3.8, 4) is 11.4 Å². The summed E-state index contributed by atoms with van der Waals surface area (Å²) in [6.45, 7) is 6.55. The Morgan fingerprint density at radius 3 is 2.24 bits per heavy atom. The van der Waals surface area contributed by atoms with Gasteiger partial charge in [-0.1, -0.05) is 87.1 Å². The molecule has 0 unspecified atom stereocenters. The van der Waals surface area contributed by atoms with Crippen molar-refractivity contribution in [2.24, 2.45) is 0 Å². The number of nitrogens with zero attached hydrogens (tertiary/aromatic N) is 3. The first-order valence-corrected chi connectivity index (χ1v) is 12.9. The number of aromatic nitrogens is 3. The van der Waals surface area contributed by atoms with Crippen molar-refractivity contribution >= 4 is 23.5 Å². The van der Waals surface area contributed by atoms with Gasteiger partial charge in [-0.25, -0.2) is 0 Å². The lowest BCUT2D eigenvalue weighted by Gasteiger charge is -2.19. The van der Waals surface area contributed by atoms with Gasteiger partial charge in [-0.05, 0) is 35.2 Å². The maximum absolute atomic E-state index is 12.9. The van der Waals surface area contributed by atoms with Crippen molar-refractivity contribution in [3.05, 3.63) is 101 Å². The molecule has 0 atom stereocenters. The molecule has 1 N–H and O–H groups in total. The molecule has 4 aromatic rings. The number of methoxy groups -OCH3 is 1. The largest absolute Gasteiger partial charge is 0.495 e. The van der Waals surface area contributed by atoms with Crippen LogP contribution in [0.5, 0.6) is 5.75 Å². The van der Waals surface area contributed by atoms with Crippen LogP contribution < -0.4 is 10.1 Å². The molecule has 190 valence electrons. The lowest BCUT2D eigenvalue weighted by atomic mass is 9.87. The standard InChI is InChI=1S/C29H30N4O3S/c1-29(2,3)22-16-14-21(15-17-22)27(35)30-18-26-31-32-28(33(26)23-12-8-9-13-25(23)36-4)37-19-24(34)20-10-6-5-7-11-20/h5-17H,18-19H2,1-4H3,(H,30,35). The Morgan fingerprint density at radius 2 is 1.57 bits per heavy atom. The second kappa shape index (κ2) is 11.4. The van der Waals surface area contributed by atoms with Gasteiger partial charge in [0, 0.05) is 11.1 Å². The molecule has 0 aliphatic carbocycles. The molecular formula is C29H30N4O3S. The highest BCUT2D eigenvalue weighted by atomic mass is 32.2. The van der Waals surface area contributed by atoms with Gasteiger partial charge in [0.1, 0.15) is 5.75 Å². The highest BCUT2D eigenvalue weighted by Gasteiger charge is 2.20. The predicted octanol–water partition coefficient (Wildman–Crippen LogP) is 5.48. The summed E-state index contributed by atoms with van der Waals surface area (Å²) in [6.07, 6.45) is 0. The number of Topliss-reactive ketones (excluding diaryl/α,β-unsaturated/α-hetero) is 1. The lowest BCUT2D eigenvalue weighted by molar-refractivity contribution is 0.0948. The van der Waals surface area contributed by atoms with Crippen LogP contribution >= 0.6 is 11.8 Å². The topological polar surface area (TPSA) is 86.1 Å². The lowest BCUT2D eigenvalue weighted by Crippen LogP contribution is -2.25. The van der Waals surface area contributed by atoms with Gasteiger partial charge in [-0.15, -0.1) is 10.2 Å². The molecule has 0 saturated heterocycles. The van der Waals surface area contributed by atoms with Gasteiger partial charge in [-0.3, -0.25) is 14.2 Å². The molecule has 0 aliphatic rings. The highest BCUT2D eigenvalue weighted by Crippen LogP contribution is 2.29. The van der Waals surface area contributed by atoms with Crippen molar-refractivity contribution in [2.45, 2.75) is 37.9 Å². The second-order valence-corrected chi connectivity index (χ2v) is 10.4. The molecule has 3 aromatic carbocycles. The van der Waals surface area contributed by atoms with Crippen molar-refractivity contribution in [2.75, 3.05) is 12.9 Å². The first-order chi connectivity index (χ1) is 17.8. The van der Waals surface area contributed by atoms with Crippen LogP contribution in [0.25, 0.3) is 5.69 Å². The maximum atomic E-state index is 12.9. The van der Waals surface area contributed by atoms with Crippen LogP contribution in [0.15, 0.2) is 84.0 Å². The van der Waals surface area contributed by atoms with Crippen LogP contribution in [0.1, 0.15) is 52.9 Å². The van der Waals surface area contributed by atoms with E-state index in [2.05, 4.69) is 36.3 Å². The van der Waals surface area contributed by atoms with Gasteiger partial charge in [0.15, 0.2) is 16.8 Å². The minimum absolute atomic E-state index is 0.00580. The van der Waals surface area contributed by atoms with E-state index in [1.165, 1.54) is 11.8 Å².